The summed E-state index contributed by atoms with van der Waals surface area (Å²) in [5, 5.41) is 1.13. The molecule has 0 amide bonds. The highest BCUT2D eigenvalue weighted by Crippen LogP contribution is 2.29. The molecule has 2 rings (SSSR count). The molecule has 0 aliphatic carbocycles. The van der Waals surface area contributed by atoms with Gasteiger partial charge in [0.05, 0.1) is 6.61 Å². The Morgan fingerprint density at radius 3 is 2.68 bits per heavy atom. The van der Waals surface area contributed by atoms with Gasteiger partial charge in [-0.3, -0.25) is 0 Å². The molecule has 2 aromatic rings. The van der Waals surface area contributed by atoms with Crippen LogP contribution in [0.25, 0.3) is 11.0 Å². The van der Waals surface area contributed by atoms with E-state index in [1.54, 1.807) is 0 Å². The van der Waals surface area contributed by atoms with Crippen LogP contribution in [0.4, 0.5) is 0 Å². The van der Waals surface area contributed by atoms with Crippen LogP contribution in [0.2, 0.25) is 0 Å². The molecule has 0 radical (unpaired) electrons. The van der Waals surface area contributed by atoms with Crippen LogP contribution in [0.5, 0.6) is 0 Å². The highest BCUT2D eigenvalue weighted by molar-refractivity contribution is 7.99. The lowest BCUT2D eigenvalue weighted by atomic mass is 10.1. The Morgan fingerprint density at radius 2 is 1.88 bits per heavy atom. The summed E-state index contributed by atoms with van der Waals surface area (Å²) in [7, 11) is 0. The minimum absolute atomic E-state index is 0.333. The van der Waals surface area contributed by atoms with Gasteiger partial charge in [0.25, 0.3) is 0 Å². The fraction of sp³-hybridized carbons (Fsp3) is 0.400. The minimum atomic E-state index is -0.333. The predicted molar refractivity (Wildman–Crippen MR) is 107 cm³/mol. The van der Waals surface area contributed by atoms with E-state index in [0.717, 1.165) is 29.6 Å². The van der Waals surface area contributed by atoms with E-state index >= 15 is 0 Å². The van der Waals surface area contributed by atoms with Crippen LogP contribution in [0.3, 0.4) is 0 Å². The van der Waals surface area contributed by atoms with E-state index in [2.05, 4.69) is 12.6 Å². The molecular formula is C20H24O3S2. The van der Waals surface area contributed by atoms with Crippen LogP contribution in [-0.4, -0.2) is 18.3 Å². The van der Waals surface area contributed by atoms with E-state index in [9.17, 15) is 4.79 Å². The molecule has 0 fully saturated rings. The van der Waals surface area contributed by atoms with Crippen LogP contribution >= 0.6 is 24.0 Å². The van der Waals surface area contributed by atoms with E-state index in [1.807, 2.05) is 36.0 Å². The topological polar surface area (TPSA) is 39.4 Å². The lowest BCUT2D eigenvalue weighted by Gasteiger charge is -2.06. The van der Waals surface area contributed by atoms with Gasteiger partial charge in [-0.1, -0.05) is 50.5 Å². The highest BCUT2D eigenvalue weighted by atomic mass is 32.2. The number of esters is 1. The second kappa shape index (κ2) is 11.1. The average Bonchev–Trinajstić information content (AvgIpc) is 2.62. The number of carbonyl (C=O) groups is 1. The number of unbranched alkanes of at least 4 members (excludes halogenated alkanes) is 5. The molecule has 3 nitrogen and oxygen atoms in total. The third-order valence-electron chi connectivity index (χ3n) is 3.82. The highest BCUT2D eigenvalue weighted by Gasteiger charge is 2.04. The quantitative estimate of drug-likeness (QED) is 0.151. The summed E-state index contributed by atoms with van der Waals surface area (Å²) in [5.41, 5.74) is 0.856. The molecule has 0 bridgehead atoms. The second-order valence-corrected chi connectivity index (χ2v) is 7.31. The fourth-order valence-corrected chi connectivity index (χ4v) is 3.89. The Hall–Kier alpha value is -1.59. The first kappa shape index (κ1) is 19.7. The molecule has 5 heteroatoms. The summed E-state index contributed by atoms with van der Waals surface area (Å²) in [6, 6.07) is 9.98. The zero-order valence-electron chi connectivity index (χ0n) is 14.4. The van der Waals surface area contributed by atoms with E-state index in [-0.39, 0.29) is 5.97 Å². The molecule has 1 heterocycles. The predicted octanol–water partition coefficient (Wildman–Crippen LogP) is 6.32. The molecule has 0 aliphatic heterocycles. The Morgan fingerprint density at radius 1 is 1.16 bits per heavy atom. The molecule has 0 spiro atoms. The zero-order valence-corrected chi connectivity index (χ0v) is 16.0. The molecular weight excluding hydrogens is 352 g/mol. The van der Waals surface area contributed by atoms with Crippen LogP contribution in [0.1, 0.15) is 38.5 Å². The first-order valence-electron chi connectivity index (χ1n) is 8.65. The normalized spacial score (nSPS) is 10.7. The first-order chi connectivity index (χ1) is 12.2. The van der Waals surface area contributed by atoms with Crippen LogP contribution in [-0.2, 0) is 9.53 Å². The van der Waals surface area contributed by atoms with Crippen molar-refractivity contribution in [2.24, 2.45) is 0 Å². The van der Waals surface area contributed by atoms with Crippen molar-refractivity contribution in [3.63, 3.8) is 0 Å². The molecule has 0 N–H and O–H groups in total. The minimum Gasteiger partial charge on any atom is -0.463 e. The number of benzene rings is 1. The summed E-state index contributed by atoms with van der Waals surface area (Å²) in [6.45, 7) is 3.87. The number of carbonyl (C=O) groups excluding carboxylic acids is 1. The van der Waals surface area contributed by atoms with Gasteiger partial charge in [-0.15, -0.1) is 11.8 Å². The number of rotatable bonds is 11. The number of ether oxygens (including phenoxy) is 1. The molecule has 0 aliphatic rings. The van der Waals surface area contributed by atoms with Gasteiger partial charge >= 0.3 is 5.97 Å². The summed E-state index contributed by atoms with van der Waals surface area (Å²) in [5.74, 6) is 0.750. The number of hydrogen-bond donors (Lipinski definition) is 0. The average molecular weight is 377 g/mol. The van der Waals surface area contributed by atoms with Crippen LogP contribution < -0.4 is 0 Å². The summed E-state index contributed by atoms with van der Waals surface area (Å²) < 4.78 is 11.1. The fourth-order valence-electron chi connectivity index (χ4n) is 2.53. The SMILES string of the molecule is C=CC(=O)OCCCCCCCCSc1cc(=S)oc2ccccc12. The summed E-state index contributed by atoms with van der Waals surface area (Å²) in [4.78, 5) is 12.1. The van der Waals surface area contributed by atoms with Crippen molar-refractivity contribution < 1.29 is 13.9 Å². The maximum Gasteiger partial charge on any atom is 0.330 e. The van der Waals surface area contributed by atoms with E-state index < -0.39 is 0 Å². The summed E-state index contributed by atoms with van der Waals surface area (Å²) >= 11 is 7.05. The maximum atomic E-state index is 10.9. The van der Waals surface area contributed by atoms with Crippen molar-refractivity contribution in [3.8, 4) is 0 Å². The van der Waals surface area contributed by atoms with Crippen molar-refractivity contribution in [3.05, 3.63) is 47.7 Å². The third-order valence-corrected chi connectivity index (χ3v) is 5.16. The van der Waals surface area contributed by atoms with Gasteiger partial charge in [-0.25, -0.2) is 4.79 Å². The van der Waals surface area contributed by atoms with Crippen LogP contribution in [0.15, 0.2) is 52.3 Å². The van der Waals surface area contributed by atoms with Gasteiger partial charge in [0.2, 0.25) is 0 Å². The maximum absolute atomic E-state index is 10.9. The number of fused-ring (bicyclic) bond motifs is 1. The number of thioether (sulfide) groups is 1. The molecule has 0 unspecified atom stereocenters. The van der Waals surface area contributed by atoms with Crippen molar-refractivity contribution in [2.75, 3.05) is 12.4 Å². The third kappa shape index (κ3) is 7.04. The smallest absolute Gasteiger partial charge is 0.330 e. The Kier molecular flexibility index (Phi) is 8.77. The van der Waals surface area contributed by atoms with Crippen molar-refractivity contribution >= 4 is 40.9 Å². The van der Waals surface area contributed by atoms with Crippen molar-refractivity contribution in [2.45, 2.75) is 43.4 Å². The van der Waals surface area contributed by atoms with Crippen molar-refractivity contribution in [1.29, 1.82) is 0 Å². The summed E-state index contributed by atoms with van der Waals surface area (Å²) in [6.07, 6.45) is 8.03. The molecule has 25 heavy (non-hydrogen) atoms. The lowest BCUT2D eigenvalue weighted by Crippen LogP contribution is -2.01. The standard InChI is InChI=1S/C20H24O3S2/c1-2-19(21)22-13-9-5-3-4-6-10-14-25-18-15-20(24)23-17-12-8-7-11-16(17)18/h2,7-8,11-12,15H,1,3-6,9-10,13-14H2. The molecule has 1 aromatic heterocycles. The van der Waals surface area contributed by atoms with Gasteiger partial charge in [0.1, 0.15) is 5.58 Å². The van der Waals surface area contributed by atoms with Crippen molar-refractivity contribution in [1.82, 2.24) is 0 Å². The Bertz CT molecular complexity index is 752. The Labute approximate surface area is 158 Å². The van der Waals surface area contributed by atoms with Crippen LogP contribution in [0, 0.1) is 4.71 Å². The zero-order chi connectivity index (χ0) is 17.9. The van der Waals surface area contributed by atoms with Gasteiger partial charge in [-0.05, 0) is 36.9 Å². The van der Waals surface area contributed by atoms with E-state index in [4.69, 9.17) is 21.4 Å². The molecule has 1 aromatic carbocycles. The van der Waals surface area contributed by atoms with Gasteiger partial charge in [-0.2, -0.15) is 0 Å². The first-order valence-corrected chi connectivity index (χ1v) is 10.0. The second-order valence-electron chi connectivity index (χ2n) is 5.77. The van der Waals surface area contributed by atoms with E-state index in [0.29, 0.717) is 11.3 Å². The molecule has 0 atom stereocenters. The molecule has 0 saturated heterocycles. The van der Waals surface area contributed by atoms with Gasteiger partial charge in [0, 0.05) is 22.4 Å². The monoisotopic (exact) mass is 376 g/mol. The van der Waals surface area contributed by atoms with E-state index in [1.165, 1.54) is 36.7 Å². The molecule has 0 saturated carbocycles. The lowest BCUT2D eigenvalue weighted by molar-refractivity contribution is -0.137. The van der Waals surface area contributed by atoms with Gasteiger partial charge < -0.3 is 9.15 Å². The Balaban J connectivity index is 1.60. The number of para-hydroxylation sites is 1. The van der Waals surface area contributed by atoms with Gasteiger partial charge in [0.15, 0.2) is 4.71 Å². The largest absolute Gasteiger partial charge is 0.463 e. The molecule has 134 valence electrons. The number of hydrogen-bond acceptors (Lipinski definition) is 5.